The summed E-state index contributed by atoms with van der Waals surface area (Å²) in [7, 11) is 0. The van der Waals surface area contributed by atoms with Crippen molar-refractivity contribution in [3.8, 4) is 0 Å². The Labute approximate surface area is 142 Å². The maximum absolute atomic E-state index is 11.0. The number of carboxylic acid groups (broad SMARTS) is 3. The first-order chi connectivity index (χ1) is 11.1. The molecule has 0 aromatic carbocycles. The van der Waals surface area contributed by atoms with Gasteiger partial charge in [-0.3, -0.25) is 4.79 Å². The first-order valence-electron chi connectivity index (χ1n) is 7.25. The van der Waals surface area contributed by atoms with Gasteiger partial charge < -0.3 is 40.2 Å². The average Bonchev–Trinajstić information content (AvgIpc) is 2.42. The highest BCUT2D eigenvalue weighted by Crippen LogP contribution is 2.43. The third-order valence-corrected chi connectivity index (χ3v) is 5.59. The molecule has 0 amide bonds. The second-order valence-corrected chi connectivity index (χ2v) is 7.13. The van der Waals surface area contributed by atoms with Crippen molar-refractivity contribution in [3.63, 3.8) is 0 Å². The quantitative estimate of drug-likeness (QED) is 0.420. The van der Waals surface area contributed by atoms with E-state index in [1.807, 2.05) is 0 Å². The lowest BCUT2D eigenvalue weighted by atomic mass is 9.77. The van der Waals surface area contributed by atoms with Crippen LogP contribution in [0.3, 0.4) is 0 Å². The molecule has 9 nitrogen and oxygen atoms in total. The molecule has 0 bridgehead atoms. The maximum Gasteiger partial charge on any atom is 0.302 e. The number of carboxylic acids is 3. The molecule has 136 valence electrons. The summed E-state index contributed by atoms with van der Waals surface area (Å²) in [6, 6.07) is -0.885. The van der Waals surface area contributed by atoms with Gasteiger partial charge in [0.05, 0.1) is 0 Å². The van der Waals surface area contributed by atoms with Crippen LogP contribution in [-0.2, 0) is 23.9 Å². The number of nitrogens with two attached hydrogens (primary N) is 1. The van der Waals surface area contributed by atoms with Gasteiger partial charge in [-0.1, -0.05) is 0 Å². The number of hydrogen-bond donors (Lipinski definition) is 1. The Kier molecular flexibility index (Phi) is 7.49. The van der Waals surface area contributed by atoms with E-state index in [0.717, 1.165) is 11.8 Å². The van der Waals surface area contributed by atoms with Gasteiger partial charge in [-0.15, -0.1) is 11.8 Å². The second kappa shape index (κ2) is 8.88. The number of rotatable bonds is 8. The van der Waals surface area contributed by atoms with Crippen molar-refractivity contribution in [1.82, 2.24) is 0 Å². The fourth-order valence-corrected chi connectivity index (χ4v) is 4.63. The normalized spacial score (nSPS) is 29.7. The Balaban J connectivity index is 3.08. The Morgan fingerprint density at radius 3 is 1.88 bits per heavy atom. The Hall–Kier alpha value is -1.81. The Morgan fingerprint density at radius 2 is 1.42 bits per heavy atom. The van der Waals surface area contributed by atoms with Crippen molar-refractivity contribution in [1.29, 1.82) is 0 Å². The van der Waals surface area contributed by atoms with Crippen molar-refractivity contribution in [3.05, 3.63) is 0 Å². The summed E-state index contributed by atoms with van der Waals surface area (Å²) in [6.45, 7) is 0.988. The molecule has 0 unspecified atom stereocenters. The molecule has 1 rings (SSSR count). The molecule has 0 saturated carbocycles. The molecule has 2 N–H and O–H groups in total. The highest BCUT2D eigenvalue weighted by Gasteiger charge is 2.43. The van der Waals surface area contributed by atoms with E-state index in [2.05, 4.69) is 0 Å². The monoisotopic (exact) mass is 360 g/mol. The molecule has 0 aliphatic carbocycles. The van der Waals surface area contributed by atoms with Gasteiger partial charge in [0.1, 0.15) is 6.61 Å². The van der Waals surface area contributed by atoms with Crippen molar-refractivity contribution < 1.29 is 39.2 Å². The topological polar surface area (TPSA) is 173 Å². The maximum atomic E-state index is 11.0. The molecule has 1 aliphatic heterocycles. The van der Waals surface area contributed by atoms with E-state index in [4.69, 9.17) is 10.5 Å². The molecule has 24 heavy (non-hydrogen) atoms. The predicted molar refractivity (Wildman–Crippen MR) is 75.6 cm³/mol. The molecular weight excluding hydrogens is 342 g/mol. The predicted octanol–water partition coefficient (Wildman–Crippen LogP) is -3.99. The molecule has 0 radical (unpaired) electrons. The Bertz CT molecular complexity index is 495. The van der Waals surface area contributed by atoms with E-state index in [-0.39, 0.29) is 6.61 Å². The fourth-order valence-electron chi connectivity index (χ4n) is 2.92. The summed E-state index contributed by atoms with van der Waals surface area (Å²) in [6.07, 6.45) is -1.44. The van der Waals surface area contributed by atoms with Gasteiger partial charge in [0, 0.05) is 47.8 Å². The molecule has 1 aliphatic rings. The van der Waals surface area contributed by atoms with Crippen molar-refractivity contribution >= 4 is 35.6 Å². The number of ether oxygens (including phenoxy) is 1. The van der Waals surface area contributed by atoms with Crippen LogP contribution in [0, 0.1) is 11.8 Å². The van der Waals surface area contributed by atoms with Crippen molar-refractivity contribution in [2.24, 2.45) is 17.6 Å². The number of esters is 1. The summed E-state index contributed by atoms with van der Waals surface area (Å²) in [5, 5.41) is 31.6. The summed E-state index contributed by atoms with van der Waals surface area (Å²) in [5.41, 5.74) is 5.98. The van der Waals surface area contributed by atoms with Crippen LogP contribution in [0.2, 0.25) is 0 Å². The minimum absolute atomic E-state index is 0.183. The minimum atomic E-state index is -1.43. The SMILES string of the molecule is CC(=O)OC[C@@H]1S[C@@H](CC(=O)[O-])[C@H](N)[C@H](CC(=O)[O-])[C@@H]1CC(=O)[O-]. The molecule has 0 aromatic heterocycles. The number of carbonyl (C=O) groups is 4. The van der Waals surface area contributed by atoms with E-state index in [0.29, 0.717) is 0 Å². The zero-order valence-corrected chi connectivity index (χ0v) is 13.8. The summed E-state index contributed by atoms with van der Waals surface area (Å²) in [5.74, 6) is -6.39. The van der Waals surface area contributed by atoms with Gasteiger partial charge in [-0.2, -0.15) is 0 Å². The van der Waals surface area contributed by atoms with Crippen LogP contribution in [0.1, 0.15) is 26.2 Å². The highest BCUT2D eigenvalue weighted by molar-refractivity contribution is 8.00. The lowest BCUT2D eigenvalue weighted by Gasteiger charge is -2.46. The van der Waals surface area contributed by atoms with Crippen LogP contribution in [-0.4, -0.2) is 47.0 Å². The average molecular weight is 360 g/mol. The van der Waals surface area contributed by atoms with E-state index in [1.165, 1.54) is 6.92 Å². The Morgan fingerprint density at radius 1 is 0.917 bits per heavy atom. The van der Waals surface area contributed by atoms with E-state index >= 15 is 0 Å². The third kappa shape index (κ3) is 6.00. The number of aliphatic carboxylic acids is 3. The molecule has 0 spiro atoms. The molecule has 5 atom stereocenters. The van der Waals surface area contributed by atoms with Crippen LogP contribution in [0.25, 0.3) is 0 Å². The van der Waals surface area contributed by atoms with Gasteiger partial charge in [-0.25, -0.2) is 0 Å². The summed E-state index contributed by atoms with van der Waals surface area (Å²) < 4.78 is 4.90. The second-order valence-electron chi connectivity index (χ2n) is 5.65. The number of thioether (sulfide) groups is 1. The van der Waals surface area contributed by atoms with Crippen molar-refractivity contribution in [2.45, 2.75) is 42.7 Å². The van der Waals surface area contributed by atoms with Crippen molar-refractivity contribution in [2.75, 3.05) is 6.61 Å². The first kappa shape index (κ1) is 20.2. The van der Waals surface area contributed by atoms with Crippen LogP contribution in [0.5, 0.6) is 0 Å². The zero-order chi connectivity index (χ0) is 18.4. The van der Waals surface area contributed by atoms with Crippen LogP contribution in [0.15, 0.2) is 0 Å². The standard InChI is InChI=1S/C14H21NO8S/c1-6(16)23-5-10-7(2-11(17)18)8(3-12(19)20)14(15)9(24-10)4-13(21)22/h7-10,14H,2-5,15H2,1H3,(H,17,18)(H,19,20)(H,21,22)/p-3/t7-,8+,9-,10-,14+/m0/s1. The van der Waals surface area contributed by atoms with E-state index in [9.17, 15) is 34.5 Å². The van der Waals surface area contributed by atoms with Gasteiger partial charge in [0.25, 0.3) is 0 Å². The van der Waals surface area contributed by atoms with E-state index < -0.39 is 71.5 Å². The van der Waals surface area contributed by atoms with Crippen LogP contribution < -0.4 is 21.1 Å². The largest absolute Gasteiger partial charge is 0.550 e. The molecule has 0 aromatic rings. The van der Waals surface area contributed by atoms with E-state index in [1.54, 1.807) is 0 Å². The molecule has 1 saturated heterocycles. The third-order valence-electron chi connectivity index (χ3n) is 3.92. The van der Waals surface area contributed by atoms with Gasteiger partial charge in [0.2, 0.25) is 0 Å². The smallest absolute Gasteiger partial charge is 0.302 e. The molecular formula is C14H18NO8S-3. The van der Waals surface area contributed by atoms with Gasteiger partial charge >= 0.3 is 5.97 Å². The van der Waals surface area contributed by atoms with Crippen LogP contribution >= 0.6 is 11.8 Å². The lowest BCUT2D eigenvalue weighted by Crippen LogP contribution is -2.55. The highest BCUT2D eigenvalue weighted by atomic mass is 32.2. The number of hydrogen-bond acceptors (Lipinski definition) is 10. The first-order valence-corrected chi connectivity index (χ1v) is 8.20. The van der Waals surface area contributed by atoms with Gasteiger partial charge in [0.15, 0.2) is 0 Å². The summed E-state index contributed by atoms with van der Waals surface area (Å²) >= 11 is 1.06. The lowest BCUT2D eigenvalue weighted by molar-refractivity contribution is -0.311. The fraction of sp³-hybridized carbons (Fsp3) is 0.714. The molecule has 1 fully saturated rings. The minimum Gasteiger partial charge on any atom is -0.550 e. The zero-order valence-electron chi connectivity index (χ0n) is 13.0. The molecule has 10 heteroatoms. The molecule has 1 heterocycles. The summed E-state index contributed by atoms with van der Waals surface area (Å²) in [4.78, 5) is 43.9. The number of carbonyl (C=O) groups excluding carboxylic acids is 4. The van der Waals surface area contributed by atoms with Crippen LogP contribution in [0.4, 0.5) is 0 Å². The van der Waals surface area contributed by atoms with Gasteiger partial charge in [-0.05, 0) is 24.7 Å².